The van der Waals surface area contributed by atoms with Crippen LogP contribution in [0.2, 0.25) is 0 Å². The molecule has 1 aromatic heterocycles. The van der Waals surface area contributed by atoms with Crippen LogP contribution in [0.3, 0.4) is 0 Å². The first-order valence-electron chi connectivity index (χ1n) is 4.64. The molecule has 1 aromatic carbocycles. The molecule has 0 spiro atoms. The van der Waals surface area contributed by atoms with Crippen LogP contribution in [0, 0.1) is 0 Å². The molecular weight excluding hydrogens is 196 g/mol. The fourth-order valence-corrected chi connectivity index (χ4v) is 1.32. The van der Waals surface area contributed by atoms with Crippen molar-refractivity contribution in [2.45, 2.75) is 20.0 Å². The van der Waals surface area contributed by atoms with Crippen LogP contribution in [0.15, 0.2) is 18.5 Å². The quantitative estimate of drug-likeness (QED) is 0.729. The number of rotatable bonds is 2. The smallest absolute Gasteiger partial charge is 0.159 e. The van der Waals surface area contributed by atoms with Crippen LogP contribution < -0.4 is 4.84 Å². The normalized spacial score (nSPS) is 11.1. The third kappa shape index (κ3) is 1.68. The molecule has 0 saturated carbocycles. The van der Waals surface area contributed by atoms with E-state index >= 15 is 0 Å². The molecule has 0 radical (unpaired) electrons. The third-order valence-corrected chi connectivity index (χ3v) is 1.94. The molecule has 0 atom stereocenters. The van der Waals surface area contributed by atoms with E-state index in [0.717, 1.165) is 0 Å². The molecule has 5 heteroatoms. The highest BCUT2D eigenvalue weighted by atomic mass is 16.7. The van der Waals surface area contributed by atoms with Gasteiger partial charge in [0.25, 0.3) is 0 Å². The van der Waals surface area contributed by atoms with Crippen molar-refractivity contribution in [3.05, 3.63) is 18.5 Å². The second-order valence-electron chi connectivity index (χ2n) is 3.55. The maximum Gasteiger partial charge on any atom is 0.159 e. The van der Waals surface area contributed by atoms with Gasteiger partial charge in [0, 0.05) is 12.1 Å². The summed E-state index contributed by atoms with van der Waals surface area (Å²) in [4.78, 5) is 9.46. The fraction of sp³-hybridized carbons (Fsp3) is 0.300. The highest BCUT2D eigenvalue weighted by Gasteiger charge is 2.09. The summed E-state index contributed by atoms with van der Waals surface area (Å²) in [5.74, 6) is -0.367. The lowest BCUT2D eigenvalue weighted by molar-refractivity contribution is 0.0674. The van der Waals surface area contributed by atoms with E-state index in [4.69, 9.17) is 4.84 Å². The Morgan fingerprint density at radius 2 is 1.93 bits per heavy atom. The molecule has 5 nitrogen and oxygen atoms in total. The van der Waals surface area contributed by atoms with Gasteiger partial charge in [-0.2, -0.15) is 4.73 Å². The molecule has 0 aliphatic carbocycles. The lowest BCUT2D eigenvalue weighted by atomic mass is 10.3. The Balaban J connectivity index is 2.54. The Labute approximate surface area is 86.5 Å². The molecule has 0 saturated heterocycles. The second-order valence-corrected chi connectivity index (χ2v) is 3.55. The number of benzene rings is 1. The zero-order chi connectivity index (χ0) is 11.0. The van der Waals surface area contributed by atoms with Crippen molar-refractivity contribution in [1.82, 2.24) is 9.71 Å². The van der Waals surface area contributed by atoms with E-state index in [1.54, 1.807) is 0 Å². The van der Waals surface area contributed by atoms with Crippen molar-refractivity contribution in [1.29, 1.82) is 0 Å². The van der Waals surface area contributed by atoms with E-state index in [1.807, 2.05) is 13.8 Å². The monoisotopic (exact) mass is 208 g/mol. The van der Waals surface area contributed by atoms with E-state index in [2.05, 4.69) is 4.98 Å². The Morgan fingerprint density at radius 3 is 2.60 bits per heavy atom. The number of phenolic OH excluding ortho intramolecular Hbond substituents is 2. The van der Waals surface area contributed by atoms with E-state index < -0.39 is 0 Å². The van der Waals surface area contributed by atoms with Crippen molar-refractivity contribution in [3.8, 4) is 11.5 Å². The van der Waals surface area contributed by atoms with Gasteiger partial charge in [-0.1, -0.05) is 0 Å². The molecule has 1 heterocycles. The Hall–Kier alpha value is -1.91. The first-order valence-corrected chi connectivity index (χ1v) is 4.64. The molecule has 0 unspecified atom stereocenters. The Bertz CT molecular complexity index is 491. The summed E-state index contributed by atoms with van der Waals surface area (Å²) in [7, 11) is 0. The highest BCUT2D eigenvalue weighted by molar-refractivity contribution is 5.79. The largest absolute Gasteiger partial charge is 0.504 e. The van der Waals surface area contributed by atoms with Crippen molar-refractivity contribution >= 4 is 11.0 Å². The molecule has 0 aliphatic heterocycles. The molecule has 2 rings (SSSR count). The maximum absolute atomic E-state index is 9.35. The lowest BCUT2D eigenvalue weighted by Crippen LogP contribution is -2.17. The van der Waals surface area contributed by atoms with Gasteiger partial charge in [-0.05, 0) is 13.8 Å². The van der Waals surface area contributed by atoms with Crippen molar-refractivity contribution in [2.24, 2.45) is 0 Å². The Morgan fingerprint density at radius 1 is 1.27 bits per heavy atom. The van der Waals surface area contributed by atoms with E-state index in [1.165, 1.54) is 23.2 Å². The number of fused-ring (bicyclic) bond motifs is 1. The van der Waals surface area contributed by atoms with E-state index in [9.17, 15) is 10.2 Å². The van der Waals surface area contributed by atoms with Gasteiger partial charge in [0.2, 0.25) is 0 Å². The van der Waals surface area contributed by atoms with Gasteiger partial charge in [0.05, 0.1) is 5.52 Å². The first-order chi connectivity index (χ1) is 7.08. The topological polar surface area (TPSA) is 67.5 Å². The molecule has 0 aliphatic rings. The number of aromatic nitrogens is 2. The summed E-state index contributed by atoms with van der Waals surface area (Å²) >= 11 is 0. The predicted octanol–water partition coefficient (Wildman–Crippen LogP) is 1.28. The van der Waals surface area contributed by atoms with Gasteiger partial charge in [0.1, 0.15) is 17.9 Å². The minimum absolute atomic E-state index is 0.0124. The van der Waals surface area contributed by atoms with Crippen molar-refractivity contribution in [2.75, 3.05) is 0 Å². The van der Waals surface area contributed by atoms with Gasteiger partial charge in [0.15, 0.2) is 11.5 Å². The van der Waals surface area contributed by atoms with Crippen molar-refractivity contribution in [3.63, 3.8) is 0 Å². The number of hydrogen-bond donors (Lipinski definition) is 2. The standard InChI is InChI=1S/C10H12N2O3/c1-6(2)15-12-5-11-7-3-9(13)10(14)4-8(7)12/h3-6,13-14H,1-2H3. The summed E-state index contributed by atoms with van der Waals surface area (Å²) in [6.45, 7) is 3.79. The van der Waals surface area contributed by atoms with E-state index in [-0.39, 0.29) is 17.6 Å². The van der Waals surface area contributed by atoms with Gasteiger partial charge >= 0.3 is 0 Å². The van der Waals surface area contributed by atoms with Crippen LogP contribution in [0.4, 0.5) is 0 Å². The SMILES string of the molecule is CC(C)On1cnc2cc(O)c(O)cc21. The van der Waals surface area contributed by atoms with E-state index in [0.29, 0.717) is 11.0 Å². The summed E-state index contributed by atoms with van der Waals surface area (Å²) in [6, 6.07) is 2.81. The molecule has 0 fully saturated rings. The average Bonchev–Trinajstić information content (AvgIpc) is 2.49. The van der Waals surface area contributed by atoms with Crippen LogP contribution in [0.25, 0.3) is 11.0 Å². The van der Waals surface area contributed by atoms with Gasteiger partial charge in [-0.25, -0.2) is 4.98 Å². The van der Waals surface area contributed by atoms with Gasteiger partial charge in [-0.15, -0.1) is 0 Å². The molecule has 15 heavy (non-hydrogen) atoms. The minimum Gasteiger partial charge on any atom is -0.504 e. The molecule has 0 amide bonds. The van der Waals surface area contributed by atoms with Crippen LogP contribution in [0.1, 0.15) is 13.8 Å². The van der Waals surface area contributed by atoms with Gasteiger partial charge in [-0.3, -0.25) is 0 Å². The van der Waals surface area contributed by atoms with Crippen LogP contribution >= 0.6 is 0 Å². The number of nitrogens with zero attached hydrogens (tertiary/aromatic N) is 2. The number of phenols is 2. The zero-order valence-electron chi connectivity index (χ0n) is 8.51. The molecule has 0 bridgehead atoms. The van der Waals surface area contributed by atoms with Crippen LogP contribution in [0.5, 0.6) is 11.5 Å². The third-order valence-electron chi connectivity index (χ3n) is 1.94. The highest BCUT2D eigenvalue weighted by Crippen LogP contribution is 2.29. The molecule has 2 aromatic rings. The summed E-state index contributed by atoms with van der Waals surface area (Å²) in [5.41, 5.74) is 1.20. The van der Waals surface area contributed by atoms with Gasteiger partial charge < -0.3 is 15.1 Å². The minimum atomic E-state index is -0.184. The summed E-state index contributed by atoms with van der Waals surface area (Å²) in [6.07, 6.45) is 1.52. The summed E-state index contributed by atoms with van der Waals surface area (Å²) in [5, 5.41) is 18.6. The summed E-state index contributed by atoms with van der Waals surface area (Å²) < 4.78 is 1.47. The second kappa shape index (κ2) is 3.34. The van der Waals surface area contributed by atoms with Crippen LogP contribution in [-0.2, 0) is 0 Å². The lowest BCUT2D eigenvalue weighted by Gasteiger charge is -2.10. The first kappa shape index (κ1) is 9.64. The maximum atomic E-state index is 9.35. The number of aromatic hydroxyl groups is 2. The predicted molar refractivity (Wildman–Crippen MR) is 54.8 cm³/mol. The van der Waals surface area contributed by atoms with Crippen molar-refractivity contribution < 1.29 is 15.1 Å². The number of hydrogen-bond acceptors (Lipinski definition) is 4. The molecule has 2 N–H and O–H groups in total. The molecular formula is C10H12N2O3. The Kier molecular flexibility index (Phi) is 2.15. The zero-order valence-corrected chi connectivity index (χ0v) is 8.51. The van der Waals surface area contributed by atoms with Crippen LogP contribution in [-0.4, -0.2) is 26.0 Å². The average molecular weight is 208 g/mol. The molecule has 80 valence electrons. The number of imidazole rings is 1. The fourth-order valence-electron chi connectivity index (χ4n) is 1.32.